The first-order valence-electron chi connectivity index (χ1n) is 5.63. The Bertz CT molecular complexity index is 777. The topological polar surface area (TPSA) is 101 Å². The van der Waals surface area contributed by atoms with Gasteiger partial charge in [-0.15, -0.1) is 11.3 Å². The van der Waals surface area contributed by atoms with Gasteiger partial charge in [0.05, 0.1) is 0 Å². The second-order valence-corrected chi connectivity index (χ2v) is 5.04. The van der Waals surface area contributed by atoms with Gasteiger partial charge in [0.2, 0.25) is 11.8 Å². The molecule has 0 spiro atoms. The van der Waals surface area contributed by atoms with Crippen LogP contribution in [-0.4, -0.2) is 45.1 Å². The number of piperazine rings is 1. The Balaban J connectivity index is 2.00. The number of rotatable bonds is 1. The molecular weight excluding hydrogens is 284 g/mol. The van der Waals surface area contributed by atoms with Gasteiger partial charge in [-0.25, -0.2) is 4.98 Å². The fraction of sp³-hybridized carbons (Fsp3) is 0.182. The highest BCUT2D eigenvalue weighted by Crippen LogP contribution is 2.08. The predicted molar refractivity (Wildman–Crippen MR) is 68.4 cm³/mol. The molecule has 0 atom stereocenters. The van der Waals surface area contributed by atoms with Crippen molar-refractivity contribution in [2.75, 3.05) is 13.1 Å². The molecule has 0 aliphatic carbocycles. The van der Waals surface area contributed by atoms with Crippen LogP contribution >= 0.6 is 11.3 Å². The second kappa shape index (κ2) is 4.53. The molecule has 102 valence electrons. The molecule has 2 aromatic heterocycles. The minimum Gasteiger partial charge on any atom is -0.320 e. The maximum Gasteiger partial charge on any atom is 0.271 e. The van der Waals surface area contributed by atoms with E-state index in [-0.39, 0.29) is 18.7 Å². The summed E-state index contributed by atoms with van der Waals surface area (Å²) in [5, 5.41) is 3.76. The lowest BCUT2D eigenvalue weighted by molar-refractivity contribution is -0.135. The third-order valence-electron chi connectivity index (χ3n) is 2.81. The van der Waals surface area contributed by atoms with E-state index in [4.69, 9.17) is 0 Å². The number of thiazole rings is 1. The van der Waals surface area contributed by atoms with E-state index in [1.165, 1.54) is 28.1 Å². The van der Waals surface area contributed by atoms with Crippen molar-refractivity contribution in [1.29, 1.82) is 0 Å². The van der Waals surface area contributed by atoms with E-state index >= 15 is 0 Å². The number of hydrogen-bond acceptors (Lipinski definition) is 6. The van der Waals surface area contributed by atoms with Gasteiger partial charge in [-0.2, -0.15) is 0 Å². The number of aromatic nitrogens is 2. The number of imide groups is 1. The van der Waals surface area contributed by atoms with Gasteiger partial charge in [0, 0.05) is 17.8 Å². The zero-order valence-electron chi connectivity index (χ0n) is 10.0. The lowest BCUT2D eigenvalue weighted by Gasteiger charge is -2.24. The maximum atomic E-state index is 12.2. The number of nitrogens with zero attached hydrogens (tertiary/aromatic N) is 3. The van der Waals surface area contributed by atoms with Gasteiger partial charge >= 0.3 is 0 Å². The van der Waals surface area contributed by atoms with Gasteiger partial charge in [0.15, 0.2) is 4.96 Å². The van der Waals surface area contributed by atoms with Gasteiger partial charge in [-0.3, -0.25) is 28.9 Å². The van der Waals surface area contributed by atoms with Crippen LogP contribution in [0.15, 0.2) is 22.6 Å². The largest absolute Gasteiger partial charge is 0.320 e. The van der Waals surface area contributed by atoms with Crippen LogP contribution in [0.5, 0.6) is 0 Å². The third kappa shape index (κ3) is 1.97. The molecule has 1 N–H and O–H groups in total. The van der Waals surface area contributed by atoms with Crippen LogP contribution in [0.3, 0.4) is 0 Å². The lowest BCUT2D eigenvalue weighted by atomic mass is 10.2. The minimum absolute atomic E-state index is 0.164. The molecule has 1 aliphatic heterocycles. The Morgan fingerprint density at radius 3 is 2.65 bits per heavy atom. The summed E-state index contributed by atoms with van der Waals surface area (Å²) in [4.78, 5) is 52.4. The number of amides is 3. The molecule has 20 heavy (non-hydrogen) atoms. The summed E-state index contributed by atoms with van der Waals surface area (Å²) in [6.45, 7) is -0.507. The highest BCUT2D eigenvalue weighted by atomic mass is 32.1. The van der Waals surface area contributed by atoms with E-state index in [2.05, 4.69) is 10.3 Å². The van der Waals surface area contributed by atoms with E-state index < -0.39 is 23.3 Å². The molecule has 1 aliphatic rings. The van der Waals surface area contributed by atoms with Crippen LogP contribution < -0.4 is 10.9 Å². The molecule has 9 heteroatoms. The molecule has 0 radical (unpaired) electrons. The summed E-state index contributed by atoms with van der Waals surface area (Å²) >= 11 is 1.27. The second-order valence-electron chi connectivity index (χ2n) is 4.17. The van der Waals surface area contributed by atoms with Crippen LogP contribution in [0.1, 0.15) is 10.4 Å². The van der Waals surface area contributed by atoms with E-state index in [9.17, 15) is 19.2 Å². The van der Waals surface area contributed by atoms with Crippen LogP contribution in [0.2, 0.25) is 0 Å². The van der Waals surface area contributed by atoms with Crippen molar-refractivity contribution in [2.24, 2.45) is 0 Å². The molecule has 8 nitrogen and oxygen atoms in total. The Morgan fingerprint density at radius 2 is 1.95 bits per heavy atom. The first kappa shape index (κ1) is 12.5. The summed E-state index contributed by atoms with van der Waals surface area (Å²) < 4.78 is 1.25. The van der Waals surface area contributed by atoms with E-state index in [1.54, 1.807) is 5.38 Å². The zero-order valence-corrected chi connectivity index (χ0v) is 10.8. The molecule has 2 aromatic rings. The van der Waals surface area contributed by atoms with Gasteiger partial charge in [-0.1, -0.05) is 0 Å². The van der Waals surface area contributed by atoms with Crippen molar-refractivity contribution in [3.8, 4) is 0 Å². The molecule has 0 bridgehead atoms. The highest BCUT2D eigenvalue weighted by Gasteiger charge is 2.28. The Hall–Kier alpha value is -2.55. The predicted octanol–water partition coefficient (Wildman–Crippen LogP) is -1.15. The first-order chi connectivity index (χ1) is 9.56. The van der Waals surface area contributed by atoms with E-state index in [1.807, 2.05) is 0 Å². The first-order valence-corrected chi connectivity index (χ1v) is 6.51. The molecule has 3 rings (SSSR count). The average molecular weight is 292 g/mol. The summed E-state index contributed by atoms with van der Waals surface area (Å²) in [5.74, 6) is -1.81. The smallest absolute Gasteiger partial charge is 0.271 e. The average Bonchev–Trinajstić information content (AvgIpc) is 2.86. The molecular formula is C11H8N4O4S. The monoisotopic (exact) mass is 292 g/mol. The summed E-state index contributed by atoms with van der Waals surface area (Å²) in [6.07, 6.45) is 2.69. The number of hydrogen-bond donors (Lipinski definition) is 1. The lowest BCUT2D eigenvalue weighted by Crippen LogP contribution is -2.54. The van der Waals surface area contributed by atoms with Gasteiger partial charge < -0.3 is 4.90 Å². The van der Waals surface area contributed by atoms with Crippen LogP contribution in [0.25, 0.3) is 4.96 Å². The number of carbonyl (C=O) groups excluding carboxylic acids is 3. The van der Waals surface area contributed by atoms with E-state index in [0.717, 1.165) is 4.90 Å². The standard InChI is InChI=1S/C11H8N4O4S/c16-7-4-14(5-8(17)13-7)9(18)6-3-12-11-15(10(6)19)1-2-20-11/h1-3H,4-5H2,(H,13,16,17). The van der Waals surface area contributed by atoms with Crippen molar-refractivity contribution in [3.63, 3.8) is 0 Å². The fourth-order valence-electron chi connectivity index (χ4n) is 1.92. The van der Waals surface area contributed by atoms with E-state index in [0.29, 0.717) is 4.96 Å². The van der Waals surface area contributed by atoms with Crippen molar-refractivity contribution < 1.29 is 14.4 Å². The Kier molecular flexibility index (Phi) is 2.83. The zero-order chi connectivity index (χ0) is 14.3. The van der Waals surface area contributed by atoms with Gasteiger partial charge in [0.1, 0.15) is 18.7 Å². The molecule has 1 fully saturated rings. The SMILES string of the molecule is O=C1CN(C(=O)c2cnc3sccn3c2=O)CC(=O)N1. The van der Waals surface area contributed by atoms with Gasteiger partial charge in [0.25, 0.3) is 11.5 Å². The molecule has 0 unspecified atom stereocenters. The Labute approximate surface area is 115 Å². The molecule has 0 aromatic carbocycles. The summed E-state index contributed by atoms with van der Waals surface area (Å²) in [5.41, 5.74) is -0.678. The molecule has 1 saturated heterocycles. The van der Waals surface area contributed by atoms with Crippen molar-refractivity contribution in [3.05, 3.63) is 33.7 Å². The van der Waals surface area contributed by atoms with Crippen LogP contribution in [0, 0.1) is 0 Å². The number of nitrogens with one attached hydrogen (secondary N) is 1. The van der Waals surface area contributed by atoms with Crippen molar-refractivity contribution >= 4 is 34.0 Å². The maximum absolute atomic E-state index is 12.2. The van der Waals surface area contributed by atoms with Crippen LogP contribution in [0.4, 0.5) is 0 Å². The fourth-order valence-corrected chi connectivity index (χ4v) is 2.60. The number of carbonyl (C=O) groups is 3. The van der Waals surface area contributed by atoms with Gasteiger partial charge in [-0.05, 0) is 0 Å². The molecule has 3 amide bonds. The Morgan fingerprint density at radius 1 is 1.25 bits per heavy atom. The third-order valence-corrected chi connectivity index (χ3v) is 3.58. The summed E-state index contributed by atoms with van der Waals surface area (Å²) in [6, 6.07) is 0. The van der Waals surface area contributed by atoms with Crippen molar-refractivity contribution in [1.82, 2.24) is 19.6 Å². The highest BCUT2D eigenvalue weighted by molar-refractivity contribution is 7.15. The van der Waals surface area contributed by atoms with Crippen molar-refractivity contribution in [2.45, 2.75) is 0 Å². The minimum atomic E-state index is -0.675. The number of fused-ring (bicyclic) bond motifs is 1. The summed E-state index contributed by atoms with van der Waals surface area (Å²) in [7, 11) is 0. The molecule has 3 heterocycles. The normalized spacial score (nSPS) is 15.5. The van der Waals surface area contributed by atoms with Crippen LogP contribution in [-0.2, 0) is 9.59 Å². The quantitative estimate of drug-likeness (QED) is 0.669. The molecule has 0 saturated carbocycles.